The number of esters is 1. The Morgan fingerprint density at radius 3 is 2.73 bits per heavy atom. The molecule has 0 fully saturated rings. The van der Waals surface area contributed by atoms with Crippen LogP contribution < -0.4 is 0 Å². The largest absolute Gasteiger partial charge is 0.469 e. The average molecular weight is 176 g/mol. The van der Waals surface area contributed by atoms with Gasteiger partial charge in [0.15, 0.2) is 0 Å². The number of carbonyl (C=O) groups is 1. The first-order valence-electron chi connectivity index (χ1n) is 3.95. The van der Waals surface area contributed by atoms with Crippen molar-refractivity contribution in [3.63, 3.8) is 0 Å². The van der Waals surface area contributed by atoms with Crippen molar-refractivity contribution < 1.29 is 9.53 Å². The van der Waals surface area contributed by atoms with E-state index in [0.717, 1.165) is 12.2 Å². The summed E-state index contributed by atoms with van der Waals surface area (Å²) in [6.45, 7) is 2.16. The summed E-state index contributed by atoms with van der Waals surface area (Å²) >= 11 is 1.90. The van der Waals surface area contributed by atoms with Gasteiger partial charge in [0.25, 0.3) is 0 Å². The Hall–Kier alpha value is -0.180. The van der Waals surface area contributed by atoms with E-state index in [0.29, 0.717) is 6.42 Å². The van der Waals surface area contributed by atoms with Crippen LogP contribution in [-0.2, 0) is 9.53 Å². The summed E-state index contributed by atoms with van der Waals surface area (Å²) in [6.07, 6.45) is 2.72. The molecule has 11 heavy (non-hydrogen) atoms. The molecule has 0 N–H and O–H groups in total. The number of thioether (sulfide) groups is 1. The first-order chi connectivity index (χ1) is 5.31. The lowest BCUT2D eigenvalue weighted by Crippen LogP contribution is -2.00. The molecule has 0 aliphatic carbocycles. The van der Waals surface area contributed by atoms with Crippen molar-refractivity contribution in [3.05, 3.63) is 0 Å². The molecule has 0 bridgehead atoms. The Balaban J connectivity index is 2.95. The van der Waals surface area contributed by atoms with E-state index in [1.807, 2.05) is 11.8 Å². The summed E-state index contributed by atoms with van der Waals surface area (Å²) in [5.41, 5.74) is 0. The van der Waals surface area contributed by atoms with Crippen LogP contribution in [0.3, 0.4) is 0 Å². The highest BCUT2D eigenvalue weighted by Gasteiger charge is 1.98. The van der Waals surface area contributed by atoms with Gasteiger partial charge in [0.05, 0.1) is 7.11 Å². The van der Waals surface area contributed by atoms with Gasteiger partial charge < -0.3 is 4.74 Å². The summed E-state index contributed by atoms with van der Waals surface area (Å²) in [4.78, 5) is 10.6. The molecule has 0 atom stereocenters. The molecule has 0 radical (unpaired) electrons. The molecule has 0 aliphatic rings. The first-order valence-corrected chi connectivity index (χ1v) is 5.11. The van der Waals surface area contributed by atoms with Crippen LogP contribution in [-0.4, -0.2) is 24.6 Å². The lowest BCUT2D eigenvalue weighted by molar-refractivity contribution is -0.140. The van der Waals surface area contributed by atoms with Gasteiger partial charge in [-0.2, -0.15) is 11.8 Å². The Labute approximate surface area is 72.7 Å². The smallest absolute Gasteiger partial charge is 0.305 e. The van der Waals surface area contributed by atoms with E-state index in [1.54, 1.807) is 0 Å². The van der Waals surface area contributed by atoms with E-state index >= 15 is 0 Å². The molecule has 0 rings (SSSR count). The highest BCUT2D eigenvalue weighted by atomic mass is 32.2. The quantitative estimate of drug-likeness (QED) is 0.458. The zero-order chi connectivity index (χ0) is 8.53. The van der Waals surface area contributed by atoms with Crippen LogP contribution >= 0.6 is 11.8 Å². The third kappa shape index (κ3) is 7.72. The maximum Gasteiger partial charge on any atom is 0.305 e. The number of carbonyl (C=O) groups excluding carboxylic acids is 1. The molecule has 2 nitrogen and oxygen atoms in total. The predicted octanol–water partition coefficient (Wildman–Crippen LogP) is 2.08. The fraction of sp³-hybridized carbons (Fsp3) is 0.875. The highest BCUT2D eigenvalue weighted by molar-refractivity contribution is 7.99. The Bertz CT molecular complexity index is 104. The summed E-state index contributed by atoms with van der Waals surface area (Å²) in [7, 11) is 1.43. The van der Waals surface area contributed by atoms with Crippen molar-refractivity contribution in [2.75, 3.05) is 18.6 Å². The van der Waals surface area contributed by atoms with Crippen LogP contribution in [0.4, 0.5) is 0 Å². The molecule has 0 aromatic rings. The topological polar surface area (TPSA) is 26.3 Å². The minimum absolute atomic E-state index is 0.0953. The molecule has 0 aromatic carbocycles. The van der Waals surface area contributed by atoms with Crippen LogP contribution in [0.25, 0.3) is 0 Å². The van der Waals surface area contributed by atoms with Gasteiger partial charge in [0, 0.05) is 6.42 Å². The maximum atomic E-state index is 10.6. The van der Waals surface area contributed by atoms with Gasteiger partial charge in [0.1, 0.15) is 0 Å². The van der Waals surface area contributed by atoms with Crippen molar-refractivity contribution in [2.24, 2.45) is 0 Å². The van der Waals surface area contributed by atoms with Gasteiger partial charge in [-0.25, -0.2) is 0 Å². The second kappa shape index (κ2) is 7.92. The van der Waals surface area contributed by atoms with Crippen molar-refractivity contribution in [2.45, 2.75) is 26.2 Å². The highest BCUT2D eigenvalue weighted by Crippen LogP contribution is 2.05. The number of hydrogen-bond acceptors (Lipinski definition) is 3. The zero-order valence-corrected chi connectivity index (χ0v) is 8.08. The Morgan fingerprint density at radius 1 is 1.45 bits per heavy atom. The maximum absolute atomic E-state index is 10.6. The van der Waals surface area contributed by atoms with Gasteiger partial charge in [0.2, 0.25) is 0 Å². The number of methoxy groups -OCH3 is 1. The fourth-order valence-electron chi connectivity index (χ4n) is 0.667. The summed E-state index contributed by atoms with van der Waals surface area (Å²) < 4.78 is 4.51. The Morgan fingerprint density at radius 2 is 2.18 bits per heavy atom. The zero-order valence-electron chi connectivity index (χ0n) is 7.26. The van der Waals surface area contributed by atoms with E-state index < -0.39 is 0 Å². The monoisotopic (exact) mass is 176 g/mol. The van der Waals surface area contributed by atoms with Gasteiger partial charge in [-0.3, -0.25) is 4.79 Å². The molecule has 0 saturated carbocycles. The molecule has 0 spiro atoms. The third-order valence-electron chi connectivity index (χ3n) is 1.25. The SMILES string of the molecule is CCCSCCCC(=O)OC. The van der Waals surface area contributed by atoms with Gasteiger partial charge in [-0.15, -0.1) is 0 Å². The summed E-state index contributed by atoms with van der Waals surface area (Å²) in [6, 6.07) is 0. The van der Waals surface area contributed by atoms with E-state index in [4.69, 9.17) is 0 Å². The molecule has 0 aliphatic heterocycles. The fourth-order valence-corrected chi connectivity index (χ4v) is 1.51. The average Bonchev–Trinajstić information content (AvgIpc) is 2.04. The van der Waals surface area contributed by atoms with Crippen molar-refractivity contribution in [1.82, 2.24) is 0 Å². The van der Waals surface area contributed by atoms with Gasteiger partial charge >= 0.3 is 5.97 Å². The van der Waals surface area contributed by atoms with Crippen molar-refractivity contribution >= 4 is 17.7 Å². The number of rotatable bonds is 6. The van der Waals surface area contributed by atoms with E-state index in [-0.39, 0.29) is 5.97 Å². The molecule has 66 valence electrons. The van der Waals surface area contributed by atoms with E-state index in [2.05, 4.69) is 11.7 Å². The molecule has 0 aromatic heterocycles. The summed E-state index contributed by atoms with van der Waals surface area (Å²) in [5.74, 6) is 2.17. The minimum atomic E-state index is -0.0953. The van der Waals surface area contributed by atoms with Crippen molar-refractivity contribution in [1.29, 1.82) is 0 Å². The molecule has 0 unspecified atom stereocenters. The molecular formula is C8H16O2S. The first kappa shape index (κ1) is 10.8. The molecule has 0 saturated heterocycles. The van der Waals surface area contributed by atoms with Crippen molar-refractivity contribution in [3.8, 4) is 0 Å². The standard InChI is InChI=1S/C8H16O2S/c1-3-6-11-7-4-5-8(9)10-2/h3-7H2,1-2H3. The van der Waals surface area contributed by atoms with E-state index in [1.165, 1.54) is 19.3 Å². The molecular weight excluding hydrogens is 160 g/mol. The lowest BCUT2D eigenvalue weighted by Gasteiger charge is -1.98. The van der Waals surface area contributed by atoms with Crippen LogP contribution in [0.5, 0.6) is 0 Å². The van der Waals surface area contributed by atoms with Crippen LogP contribution in [0.15, 0.2) is 0 Å². The minimum Gasteiger partial charge on any atom is -0.469 e. The van der Waals surface area contributed by atoms with Crippen LogP contribution in [0.2, 0.25) is 0 Å². The van der Waals surface area contributed by atoms with E-state index in [9.17, 15) is 4.79 Å². The van der Waals surface area contributed by atoms with Crippen LogP contribution in [0.1, 0.15) is 26.2 Å². The van der Waals surface area contributed by atoms with Crippen LogP contribution in [0, 0.1) is 0 Å². The Kier molecular flexibility index (Phi) is 7.79. The molecule has 3 heteroatoms. The molecule has 0 amide bonds. The number of hydrogen-bond donors (Lipinski definition) is 0. The normalized spacial score (nSPS) is 9.64. The predicted molar refractivity (Wildman–Crippen MR) is 48.9 cm³/mol. The second-order valence-electron chi connectivity index (χ2n) is 2.29. The molecule has 0 heterocycles. The third-order valence-corrected chi connectivity index (χ3v) is 2.52. The van der Waals surface area contributed by atoms with Gasteiger partial charge in [-0.05, 0) is 24.3 Å². The van der Waals surface area contributed by atoms with Gasteiger partial charge in [-0.1, -0.05) is 6.92 Å². The second-order valence-corrected chi connectivity index (χ2v) is 3.52. The lowest BCUT2D eigenvalue weighted by atomic mass is 10.3. The summed E-state index contributed by atoms with van der Waals surface area (Å²) in [5, 5.41) is 0. The number of ether oxygens (including phenoxy) is 1.